The minimum Gasteiger partial charge on any atom is -0.393 e. The fraction of sp³-hybridized carbons (Fsp3) is 0.632. The average Bonchev–Trinajstić information content (AvgIpc) is 3.03. The molecule has 2 atom stereocenters. The van der Waals surface area contributed by atoms with E-state index < -0.39 is 0 Å². The molecule has 4 heteroatoms. The smallest absolute Gasteiger partial charge is 0.234 e. The number of hydrogen-bond donors (Lipinski definition) is 2. The quantitative estimate of drug-likeness (QED) is 0.874. The third kappa shape index (κ3) is 3.93. The molecule has 1 aromatic carbocycles. The van der Waals surface area contributed by atoms with Crippen molar-refractivity contribution < 1.29 is 9.90 Å². The number of nitrogens with one attached hydrogen (secondary N) is 1. The highest BCUT2D eigenvalue weighted by Gasteiger charge is 2.42. The predicted molar refractivity (Wildman–Crippen MR) is 90.9 cm³/mol. The van der Waals surface area contributed by atoms with E-state index in [1.807, 2.05) is 12.1 Å². The number of aliphatic hydroxyl groups excluding tert-OH is 1. The second kappa shape index (κ2) is 7.02. The normalized spacial score (nSPS) is 25.0. The van der Waals surface area contributed by atoms with Crippen LogP contribution in [0.2, 0.25) is 0 Å². The Hall–Kier alpha value is -1.39. The van der Waals surface area contributed by atoms with Crippen molar-refractivity contribution in [3.8, 4) is 0 Å². The van der Waals surface area contributed by atoms with Gasteiger partial charge in [0.2, 0.25) is 5.91 Å². The summed E-state index contributed by atoms with van der Waals surface area (Å²) in [6.07, 6.45) is 4.07. The summed E-state index contributed by atoms with van der Waals surface area (Å²) in [6.45, 7) is 3.12. The van der Waals surface area contributed by atoms with Crippen molar-refractivity contribution in [2.75, 3.05) is 13.6 Å². The van der Waals surface area contributed by atoms with Crippen molar-refractivity contribution in [2.45, 2.75) is 51.3 Å². The van der Waals surface area contributed by atoms with Crippen LogP contribution in [0.1, 0.15) is 36.8 Å². The maximum absolute atomic E-state index is 12.2. The maximum atomic E-state index is 12.2. The van der Waals surface area contributed by atoms with E-state index in [1.165, 1.54) is 11.1 Å². The SMILES string of the molecule is Cc1ccccc1CNC(=O)CN(C)C1C[C@@H]2CC(O)C[C@H]2C1. The highest BCUT2D eigenvalue weighted by molar-refractivity contribution is 5.78. The molecule has 2 aliphatic rings. The number of carbonyl (C=O) groups is 1. The second-order valence-corrected chi connectivity index (χ2v) is 7.39. The first kappa shape index (κ1) is 16.5. The maximum Gasteiger partial charge on any atom is 0.234 e. The van der Waals surface area contributed by atoms with Gasteiger partial charge in [-0.3, -0.25) is 9.69 Å². The molecule has 0 heterocycles. The minimum absolute atomic E-state index is 0.0892. The molecule has 2 aliphatic carbocycles. The summed E-state index contributed by atoms with van der Waals surface area (Å²) in [5.74, 6) is 1.41. The number of aliphatic hydroxyl groups is 1. The Labute approximate surface area is 138 Å². The molecule has 0 saturated heterocycles. The van der Waals surface area contributed by atoms with Crippen molar-refractivity contribution in [2.24, 2.45) is 11.8 Å². The molecule has 2 saturated carbocycles. The van der Waals surface area contributed by atoms with Gasteiger partial charge in [0.15, 0.2) is 0 Å². The summed E-state index contributed by atoms with van der Waals surface area (Å²) in [4.78, 5) is 14.4. The molecule has 2 fully saturated rings. The number of amides is 1. The monoisotopic (exact) mass is 316 g/mol. The van der Waals surface area contributed by atoms with E-state index in [0.29, 0.717) is 31.0 Å². The zero-order valence-corrected chi connectivity index (χ0v) is 14.2. The molecule has 23 heavy (non-hydrogen) atoms. The standard InChI is InChI=1S/C19H28N2O2/c1-13-5-3-4-6-14(13)11-20-19(23)12-21(2)17-7-15-9-18(22)10-16(15)8-17/h3-6,15-18,22H,7-12H2,1-2H3,(H,20,23)/t15-,16-,17?,18?/m1/s1. The van der Waals surface area contributed by atoms with Crippen LogP contribution in [-0.4, -0.2) is 41.7 Å². The first-order valence-corrected chi connectivity index (χ1v) is 8.72. The van der Waals surface area contributed by atoms with Crippen LogP contribution in [0.25, 0.3) is 0 Å². The number of nitrogens with zero attached hydrogens (tertiary/aromatic N) is 1. The summed E-state index contributed by atoms with van der Waals surface area (Å²) in [7, 11) is 2.05. The fourth-order valence-electron chi connectivity index (χ4n) is 4.33. The van der Waals surface area contributed by atoms with Gasteiger partial charge in [-0.15, -0.1) is 0 Å². The van der Waals surface area contributed by atoms with Gasteiger partial charge in [-0.05, 0) is 62.6 Å². The Morgan fingerprint density at radius 1 is 1.22 bits per heavy atom. The highest BCUT2D eigenvalue weighted by Crippen LogP contribution is 2.45. The fourth-order valence-corrected chi connectivity index (χ4v) is 4.33. The molecular weight excluding hydrogens is 288 g/mol. The van der Waals surface area contributed by atoms with Gasteiger partial charge in [0.25, 0.3) is 0 Å². The molecule has 0 aromatic heterocycles. The first-order chi connectivity index (χ1) is 11.0. The van der Waals surface area contributed by atoms with Gasteiger partial charge in [0.1, 0.15) is 0 Å². The van der Waals surface area contributed by atoms with Crippen LogP contribution in [-0.2, 0) is 11.3 Å². The third-order valence-electron chi connectivity index (χ3n) is 5.72. The number of carbonyl (C=O) groups excluding carboxylic acids is 1. The lowest BCUT2D eigenvalue weighted by Gasteiger charge is -2.24. The molecule has 126 valence electrons. The van der Waals surface area contributed by atoms with Crippen molar-refractivity contribution in [3.63, 3.8) is 0 Å². The van der Waals surface area contributed by atoms with Gasteiger partial charge < -0.3 is 10.4 Å². The van der Waals surface area contributed by atoms with Crippen molar-refractivity contribution in [1.29, 1.82) is 0 Å². The van der Waals surface area contributed by atoms with E-state index in [-0.39, 0.29) is 12.0 Å². The average molecular weight is 316 g/mol. The molecule has 1 amide bonds. The number of rotatable bonds is 5. The molecule has 0 spiro atoms. The van der Waals surface area contributed by atoms with Gasteiger partial charge in [-0.2, -0.15) is 0 Å². The van der Waals surface area contributed by atoms with Crippen molar-refractivity contribution in [3.05, 3.63) is 35.4 Å². The Morgan fingerprint density at radius 2 is 1.87 bits per heavy atom. The lowest BCUT2D eigenvalue weighted by atomic mass is 10.0. The van der Waals surface area contributed by atoms with E-state index in [0.717, 1.165) is 25.7 Å². The molecule has 0 unspecified atom stereocenters. The largest absolute Gasteiger partial charge is 0.393 e. The second-order valence-electron chi connectivity index (χ2n) is 7.39. The van der Waals surface area contributed by atoms with Gasteiger partial charge in [0.05, 0.1) is 12.6 Å². The Bertz CT molecular complexity index is 546. The molecule has 2 N–H and O–H groups in total. The summed E-state index contributed by atoms with van der Waals surface area (Å²) in [5.41, 5.74) is 2.39. The van der Waals surface area contributed by atoms with Crippen LogP contribution in [0, 0.1) is 18.8 Å². The topological polar surface area (TPSA) is 52.6 Å². The predicted octanol–water partition coefficient (Wildman–Crippen LogP) is 2.09. The van der Waals surface area contributed by atoms with Crippen LogP contribution in [0.3, 0.4) is 0 Å². The number of fused-ring (bicyclic) bond motifs is 1. The van der Waals surface area contributed by atoms with Crippen molar-refractivity contribution in [1.82, 2.24) is 10.2 Å². The van der Waals surface area contributed by atoms with Crippen LogP contribution in [0.5, 0.6) is 0 Å². The molecule has 3 rings (SSSR count). The van der Waals surface area contributed by atoms with Gasteiger partial charge in [-0.25, -0.2) is 0 Å². The lowest BCUT2D eigenvalue weighted by molar-refractivity contribution is -0.122. The number of hydrogen-bond acceptors (Lipinski definition) is 3. The van der Waals surface area contributed by atoms with E-state index >= 15 is 0 Å². The minimum atomic E-state index is -0.0892. The van der Waals surface area contributed by atoms with Crippen LogP contribution in [0.4, 0.5) is 0 Å². The summed E-state index contributed by atoms with van der Waals surface area (Å²) < 4.78 is 0. The zero-order valence-electron chi connectivity index (χ0n) is 14.2. The van der Waals surface area contributed by atoms with Gasteiger partial charge in [0, 0.05) is 12.6 Å². The van der Waals surface area contributed by atoms with Gasteiger partial charge in [-0.1, -0.05) is 24.3 Å². The zero-order chi connectivity index (χ0) is 16.4. The summed E-state index contributed by atoms with van der Waals surface area (Å²) in [6, 6.07) is 8.64. The Kier molecular flexibility index (Phi) is 5.02. The Balaban J connectivity index is 1.44. The molecule has 4 nitrogen and oxygen atoms in total. The van der Waals surface area contributed by atoms with E-state index in [2.05, 4.69) is 36.3 Å². The summed E-state index contributed by atoms with van der Waals surface area (Å²) in [5, 5.41) is 12.8. The van der Waals surface area contributed by atoms with Gasteiger partial charge >= 0.3 is 0 Å². The van der Waals surface area contributed by atoms with Crippen molar-refractivity contribution >= 4 is 5.91 Å². The molecule has 0 bridgehead atoms. The molecular formula is C19H28N2O2. The molecule has 0 aliphatic heterocycles. The van der Waals surface area contributed by atoms with Crippen LogP contribution in [0.15, 0.2) is 24.3 Å². The van der Waals surface area contributed by atoms with E-state index in [1.54, 1.807) is 0 Å². The number of benzene rings is 1. The number of likely N-dealkylation sites (N-methyl/N-ethyl adjacent to an activating group) is 1. The van der Waals surface area contributed by atoms with Crippen LogP contribution >= 0.6 is 0 Å². The van der Waals surface area contributed by atoms with Crippen LogP contribution < -0.4 is 5.32 Å². The lowest BCUT2D eigenvalue weighted by Crippen LogP contribution is -2.39. The molecule has 1 aromatic rings. The third-order valence-corrected chi connectivity index (χ3v) is 5.72. The highest BCUT2D eigenvalue weighted by atomic mass is 16.3. The molecule has 0 radical (unpaired) electrons. The van der Waals surface area contributed by atoms with E-state index in [9.17, 15) is 9.90 Å². The number of aryl methyl sites for hydroxylation is 1. The van der Waals surface area contributed by atoms with E-state index in [4.69, 9.17) is 0 Å². The first-order valence-electron chi connectivity index (χ1n) is 8.72. The Morgan fingerprint density at radius 3 is 2.52 bits per heavy atom. The summed E-state index contributed by atoms with van der Waals surface area (Å²) >= 11 is 0.